The number of halogens is 1. The third kappa shape index (κ3) is 8.04. The van der Waals surface area contributed by atoms with Gasteiger partial charge in [0.15, 0.2) is 5.96 Å². The SMILES string of the molecule is CCNC(=NCCc1ncc(CC)s1)NCCc1cc(C)ccc1OC.I. The molecule has 2 N–H and O–H groups in total. The number of methoxy groups -OCH3 is 1. The van der Waals surface area contributed by atoms with Crippen molar-refractivity contribution in [2.24, 2.45) is 4.99 Å². The molecular weight excluding hydrogens is 471 g/mol. The van der Waals surface area contributed by atoms with Gasteiger partial charge in [-0.25, -0.2) is 4.98 Å². The quantitative estimate of drug-likeness (QED) is 0.310. The molecule has 0 aliphatic rings. The first-order valence-corrected chi connectivity index (χ1v) is 10.1. The lowest BCUT2D eigenvalue weighted by atomic mass is 10.1. The molecule has 0 unspecified atom stereocenters. The summed E-state index contributed by atoms with van der Waals surface area (Å²) in [7, 11) is 1.72. The van der Waals surface area contributed by atoms with E-state index in [0.29, 0.717) is 0 Å². The van der Waals surface area contributed by atoms with E-state index in [1.807, 2.05) is 12.3 Å². The second-order valence-corrected chi connectivity index (χ2v) is 7.28. The zero-order chi connectivity index (χ0) is 18.8. The van der Waals surface area contributed by atoms with Crippen molar-refractivity contribution in [2.45, 2.75) is 40.0 Å². The zero-order valence-corrected chi connectivity index (χ0v) is 19.8. The Bertz CT molecular complexity index is 718. The van der Waals surface area contributed by atoms with Gasteiger partial charge in [-0.1, -0.05) is 24.6 Å². The fourth-order valence-electron chi connectivity index (χ4n) is 2.65. The van der Waals surface area contributed by atoms with Crippen molar-refractivity contribution < 1.29 is 4.74 Å². The molecule has 150 valence electrons. The first kappa shape index (κ1) is 23.7. The Morgan fingerprint density at radius 1 is 1.22 bits per heavy atom. The Kier molecular flexibility index (Phi) is 11.3. The summed E-state index contributed by atoms with van der Waals surface area (Å²) in [6.07, 6.45) is 4.80. The highest BCUT2D eigenvalue weighted by Gasteiger charge is 2.05. The van der Waals surface area contributed by atoms with Crippen molar-refractivity contribution >= 4 is 41.3 Å². The predicted molar refractivity (Wildman–Crippen MR) is 126 cm³/mol. The lowest BCUT2D eigenvalue weighted by molar-refractivity contribution is 0.409. The Balaban J connectivity index is 0.00000364. The molecule has 0 saturated heterocycles. The molecule has 1 aromatic heterocycles. The van der Waals surface area contributed by atoms with Crippen molar-refractivity contribution in [3.05, 3.63) is 45.4 Å². The van der Waals surface area contributed by atoms with E-state index in [2.05, 4.69) is 53.5 Å². The van der Waals surface area contributed by atoms with E-state index in [4.69, 9.17) is 4.74 Å². The largest absolute Gasteiger partial charge is 0.496 e. The molecule has 0 bridgehead atoms. The van der Waals surface area contributed by atoms with E-state index in [-0.39, 0.29) is 24.0 Å². The molecule has 2 rings (SSSR count). The standard InChI is InChI=1S/C20H30N4OS.HI/c1-5-17-14-24-19(26-17)10-12-23-20(21-6-2)22-11-9-16-13-15(3)7-8-18(16)25-4;/h7-8,13-14H,5-6,9-12H2,1-4H3,(H2,21,22,23);1H. The number of hydrogen-bond acceptors (Lipinski definition) is 4. The van der Waals surface area contributed by atoms with Gasteiger partial charge in [-0.15, -0.1) is 35.3 Å². The van der Waals surface area contributed by atoms with Gasteiger partial charge in [-0.05, 0) is 38.3 Å². The van der Waals surface area contributed by atoms with Gasteiger partial charge >= 0.3 is 0 Å². The van der Waals surface area contributed by atoms with Crippen LogP contribution in [0.2, 0.25) is 0 Å². The van der Waals surface area contributed by atoms with Gasteiger partial charge in [0.1, 0.15) is 5.75 Å². The average molecular weight is 502 g/mol. The lowest BCUT2D eigenvalue weighted by Gasteiger charge is -2.13. The number of aliphatic imine (C=N–C) groups is 1. The van der Waals surface area contributed by atoms with Crippen LogP contribution in [-0.2, 0) is 19.3 Å². The Morgan fingerprint density at radius 2 is 2.04 bits per heavy atom. The van der Waals surface area contributed by atoms with Crippen LogP contribution in [-0.4, -0.2) is 37.7 Å². The highest BCUT2D eigenvalue weighted by Crippen LogP contribution is 2.19. The minimum absolute atomic E-state index is 0. The maximum atomic E-state index is 5.45. The summed E-state index contributed by atoms with van der Waals surface area (Å²) >= 11 is 1.78. The molecule has 0 amide bonds. The van der Waals surface area contributed by atoms with Crippen molar-refractivity contribution in [3.63, 3.8) is 0 Å². The topological polar surface area (TPSA) is 58.5 Å². The lowest BCUT2D eigenvalue weighted by Crippen LogP contribution is -2.38. The molecule has 1 aromatic carbocycles. The van der Waals surface area contributed by atoms with Gasteiger partial charge in [-0.3, -0.25) is 4.99 Å². The number of nitrogens with one attached hydrogen (secondary N) is 2. The molecule has 0 radical (unpaired) electrons. The van der Waals surface area contributed by atoms with Gasteiger partial charge in [-0.2, -0.15) is 0 Å². The van der Waals surface area contributed by atoms with E-state index in [1.165, 1.54) is 16.0 Å². The number of nitrogens with zero attached hydrogens (tertiary/aromatic N) is 2. The number of ether oxygens (including phenoxy) is 1. The normalized spacial score (nSPS) is 11.0. The van der Waals surface area contributed by atoms with Crippen molar-refractivity contribution in [2.75, 3.05) is 26.7 Å². The summed E-state index contributed by atoms with van der Waals surface area (Å²) in [6, 6.07) is 6.28. The summed E-state index contributed by atoms with van der Waals surface area (Å²) in [4.78, 5) is 10.5. The van der Waals surface area contributed by atoms with E-state index in [1.54, 1.807) is 18.4 Å². The molecule has 0 saturated carbocycles. The maximum Gasteiger partial charge on any atom is 0.191 e. The predicted octanol–water partition coefficient (Wildman–Crippen LogP) is 3.98. The molecule has 2 aromatic rings. The highest BCUT2D eigenvalue weighted by molar-refractivity contribution is 14.0. The van der Waals surface area contributed by atoms with Crippen molar-refractivity contribution in [1.29, 1.82) is 0 Å². The Morgan fingerprint density at radius 3 is 2.70 bits per heavy atom. The molecule has 27 heavy (non-hydrogen) atoms. The number of aryl methyl sites for hydroxylation is 2. The third-order valence-corrected chi connectivity index (χ3v) is 5.21. The smallest absolute Gasteiger partial charge is 0.191 e. The van der Waals surface area contributed by atoms with Crippen LogP contribution in [0.3, 0.4) is 0 Å². The molecule has 0 aliphatic carbocycles. The Hall–Kier alpha value is -1.35. The number of benzene rings is 1. The van der Waals surface area contributed by atoms with Crippen LogP contribution in [0.25, 0.3) is 0 Å². The zero-order valence-electron chi connectivity index (χ0n) is 16.7. The minimum atomic E-state index is 0. The molecule has 0 spiro atoms. The highest BCUT2D eigenvalue weighted by atomic mass is 127. The molecular formula is C20H31IN4OS. The monoisotopic (exact) mass is 502 g/mol. The van der Waals surface area contributed by atoms with Crippen molar-refractivity contribution in [1.82, 2.24) is 15.6 Å². The second-order valence-electron chi connectivity index (χ2n) is 6.08. The van der Waals surface area contributed by atoms with Crippen LogP contribution in [0, 0.1) is 6.92 Å². The fourth-order valence-corrected chi connectivity index (χ4v) is 3.50. The average Bonchev–Trinajstić information content (AvgIpc) is 3.10. The van der Waals surface area contributed by atoms with Gasteiger partial charge < -0.3 is 15.4 Å². The van der Waals surface area contributed by atoms with Crippen molar-refractivity contribution in [3.8, 4) is 5.75 Å². The summed E-state index contributed by atoms with van der Waals surface area (Å²) in [5, 5.41) is 7.87. The van der Waals surface area contributed by atoms with Crippen LogP contribution in [0.5, 0.6) is 5.75 Å². The molecule has 5 nitrogen and oxygen atoms in total. The summed E-state index contributed by atoms with van der Waals surface area (Å²) < 4.78 is 5.45. The Labute approximate surface area is 184 Å². The van der Waals surface area contributed by atoms with Crippen LogP contribution in [0.4, 0.5) is 0 Å². The first-order valence-electron chi connectivity index (χ1n) is 9.25. The summed E-state index contributed by atoms with van der Waals surface area (Å²) in [6.45, 7) is 8.73. The van der Waals surface area contributed by atoms with Gasteiger partial charge in [0, 0.05) is 37.1 Å². The van der Waals surface area contributed by atoms with E-state index in [0.717, 1.165) is 55.6 Å². The van der Waals surface area contributed by atoms with E-state index < -0.39 is 0 Å². The van der Waals surface area contributed by atoms with Crippen LogP contribution in [0.1, 0.15) is 34.9 Å². The maximum absolute atomic E-state index is 5.45. The van der Waals surface area contributed by atoms with Crippen LogP contribution < -0.4 is 15.4 Å². The molecule has 1 heterocycles. The number of thiazole rings is 1. The van der Waals surface area contributed by atoms with Gasteiger partial charge in [0.2, 0.25) is 0 Å². The first-order chi connectivity index (χ1) is 12.7. The minimum Gasteiger partial charge on any atom is -0.496 e. The number of hydrogen-bond donors (Lipinski definition) is 2. The molecule has 0 atom stereocenters. The summed E-state index contributed by atoms with van der Waals surface area (Å²) in [5.41, 5.74) is 2.46. The van der Waals surface area contributed by atoms with Crippen LogP contribution in [0.15, 0.2) is 29.4 Å². The molecule has 7 heteroatoms. The fraction of sp³-hybridized carbons (Fsp3) is 0.500. The van der Waals surface area contributed by atoms with Gasteiger partial charge in [0.05, 0.1) is 12.1 Å². The van der Waals surface area contributed by atoms with Crippen LogP contribution >= 0.6 is 35.3 Å². The number of guanidine groups is 1. The number of aromatic nitrogens is 1. The third-order valence-electron chi connectivity index (χ3n) is 4.01. The van der Waals surface area contributed by atoms with Gasteiger partial charge in [0.25, 0.3) is 0 Å². The van der Waals surface area contributed by atoms with E-state index >= 15 is 0 Å². The van der Waals surface area contributed by atoms with E-state index in [9.17, 15) is 0 Å². The summed E-state index contributed by atoms with van der Waals surface area (Å²) in [5.74, 6) is 1.79. The second kappa shape index (κ2) is 12.9. The molecule has 0 fully saturated rings. The molecule has 0 aliphatic heterocycles. The number of rotatable bonds is 9.